The van der Waals surface area contributed by atoms with Gasteiger partial charge >= 0.3 is 6.09 Å². The van der Waals surface area contributed by atoms with Gasteiger partial charge in [0.15, 0.2) is 0 Å². The summed E-state index contributed by atoms with van der Waals surface area (Å²) in [6.07, 6.45) is -0.425. The molecule has 1 saturated heterocycles. The highest BCUT2D eigenvalue weighted by atomic mass is 16.6. The maximum atomic E-state index is 11.3. The maximum Gasteiger partial charge on any atom is 0.410 e. The van der Waals surface area contributed by atoms with E-state index in [1.165, 1.54) is 0 Å². The summed E-state index contributed by atoms with van der Waals surface area (Å²) in [6.45, 7) is 3.22. The lowest BCUT2D eigenvalue weighted by Gasteiger charge is -2.09. The van der Waals surface area contributed by atoms with Crippen molar-refractivity contribution in [2.24, 2.45) is 0 Å². The molecule has 80 valence electrons. The van der Waals surface area contributed by atoms with Crippen LogP contribution in [0.5, 0.6) is 0 Å². The average Bonchev–Trinajstić information content (AvgIpc) is 2.60. The number of nitrogens with two attached hydrogens (primary N) is 1. The number of nitrogen functional groups attached to an aromatic ring is 1. The number of carbonyl (C=O) groups excluding carboxylic acids is 1. The fourth-order valence-corrected chi connectivity index (χ4v) is 1.70. The van der Waals surface area contributed by atoms with Gasteiger partial charge in [-0.3, -0.25) is 0 Å². The molecule has 1 atom stereocenters. The molecule has 1 amide bonds. The van der Waals surface area contributed by atoms with E-state index in [1.807, 2.05) is 31.2 Å². The summed E-state index contributed by atoms with van der Waals surface area (Å²) < 4.78 is 5.24. The van der Waals surface area contributed by atoms with Crippen LogP contribution in [0.25, 0.3) is 0 Å². The van der Waals surface area contributed by atoms with Crippen LogP contribution >= 0.6 is 0 Å². The van der Waals surface area contributed by atoms with E-state index in [0.717, 1.165) is 5.56 Å². The van der Waals surface area contributed by atoms with Gasteiger partial charge in [0, 0.05) is 12.2 Å². The fraction of sp³-hybridized carbons (Fsp3) is 0.364. The molecule has 15 heavy (non-hydrogen) atoms. The molecule has 1 unspecified atom stereocenters. The van der Waals surface area contributed by atoms with Gasteiger partial charge in [-0.2, -0.15) is 0 Å². The van der Waals surface area contributed by atoms with Gasteiger partial charge in [0.05, 0.1) is 6.54 Å². The molecule has 1 aliphatic heterocycles. The molecule has 2 N–H and O–H groups in total. The highest BCUT2D eigenvalue weighted by molar-refractivity contribution is 5.70. The molecular weight excluding hydrogens is 192 g/mol. The molecule has 4 heteroatoms. The van der Waals surface area contributed by atoms with Crippen LogP contribution < -0.4 is 5.73 Å². The second kappa shape index (κ2) is 3.81. The zero-order valence-corrected chi connectivity index (χ0v) is 8.64. The van der Waals surface area contributed by atoms with Gasteiger partial charge in [-0.25, -0.2) is 4.79 Å². The van der Waals surface area contributed by atoms with Crippen molar-refractivity contribution in [3.05, 3.63) is 29.8 Å². The number of hydrogen-bond donors (Lipinski definition) is 1. The molecule has 0 saturated carbocycles. The Balaban J connectivity index is 2.17. The Hall–Kier alpha value is -1.71. The number of benzene rings is 1. The predicted molar refractivity (Wildman–Crippen MR) is 57.3 cm³/mol. The maximum absolute atomic E-state index is 11.3. The Morgan fingerprint density at radius 3 is 3.00 bits per heavy atom. The average molecular weight is 206 g/mol. The first-order chi connectivity index (χ1) is 7.20. The smallest absolute Gasteiger partial charge is 0.410 e. The fourth-order valence-electron chi connectivity index (χ4n) is 1.70. The first-order valence-electron chi connectivity index (χ1n) is 5.01. The van der Waals surface area contributed by atoms with E-state index >= 15 is 0 Å². The quantitative estimate of drug-likeness (QED) is 0.750. The number of hydrogen-bond acceptors (Lipinski definition) is 3. The topological polar surface area (TPSA) is 55.6 Å². The number of cyclic esters (lactones) is 1. The molecule has 0 aromatic heterocycles. The lowest BCUT2D eigenvalue weighted by atomic mass is 10.1. The van der Waals surface area contributed by atoms with Crippen molar-refractivity contribution in [1.29, 1.82) is 0 Å². The summed E-state index contributed by atoms with van der Waals surface area (Å²) in [4.78, 5) is 13.0. The Kier molecular flexibility index (Phi) is 2.49. The second-order valence-corrected chi connectivity index (χ2v) is 3.58. The van der Waals surface area contributed by atoms with Crippen LogP contribution in [0.2, 0.25) is 0 Å². The SMILES string of the molecule is CCN1CC(c2cccc(N)c2)OC1=O. The molecule has 0 radical (unpaired) electrons. The third kappa shape index (κ3) is 1.88. The van der Waals surface area contributed by atoms with Gasteiger partial charge in [-0.1, -0.05) is 12.1 Å². The van der Waals surface area contributed by atoms with Crippen LogP contribution in [-0.2, 0) is 4.74 Å². The molecule has 1 aliphatic rings. The van der Waals surface area contributed by atoms with Crippen LogP contribution in [0.15, 0.2) is 24.3 Å². The van der Waals surface area contributed by atoms with Crippen LogP contribution in [0.4, 0.5) is 10.5 Å². The summed E-state index contributed by atoms with van der Waals surface area (Å²) in [5.74, 6) is 0. The van der Waals surface area contributed by atoms with Crippen molar-refractivity contribution < 1.29 is 9.53 Å². The summed E-state index contributed by atoms with van der Waals surface area (Å²) >= 11 is 0. The number of carbonyl (C=O) groups is 1. The molecule has 1 fully saturated rings. The minimum Gasteiger partial charge on any atom is -0.439 e. The second-order valence-electron chi connectivity index (χ2n) is 3.58. The van der Waals surface area contributed by atoms with Gasteiger partial charge in [0.25, 0.3) is 0 Å². The van der Waals surface area contributed by atoms with Crippen LogP contribution in [0.1, 0.15) is 18.6 Å². The van der Waals surface area contributed by atoms with E-state index in [4.69, 9.17) is 10.5 Å². The largest absolute Gasteiger partial charge is 0.439 e. The zero-order valence-electron chi connectivity index (χ0n) is 8.64. The predicted octanol–water partition coefficient (Wildman–Crippen LogP) is 1.78. The van der Waals surface area contributed by atoms with Gasteiger partial charge in [0.1, 0.15) is 6.10 Å². The van der Waals surface area contributed by atoms with Crippen LogP contribution in [0, 0.1) is 0 Å². The van der Waals surface area contributed by atoms with E-state index < -0.39 is 0 Å². The third-order valence-corrected chi connectivity index (χ3v) is 2.55. The minimum absolute atomic E-state index is 0.180. The summed E-state index contributed by atoms with van der Waals surface area (Å²) in [6, 6.07) is 7.45. The van der Waals surface area contributed by atoms with Crippen molar-refractivity contribution in [3.63, 3.8) is 0 Å². The van der Waals surface area contributed by atoms with Crippen molar-refractivity contribution in [2.45, 2.75) is 13.0 Å². The normalized spacial score (nSPS) is 20.5. The molecule has 1 aromatic rings. The highest BCUT2D eigenvalue weighted by Gasteiger charge is 2.30. The lowest BCUT2D eigenvalue weighted by Crippen LogP contribution is -2.23. The summed E-state index contributed by atoms with van der Waals surface area (Å²) in [5.41, 5.74) is 7.32. The molecule has 2 rings (SSSR count). The Bertz CT molecular complexity index is 379. The molecule has 1 aromatic carbocycles. The molecule has 1 heterocycles. The first kappa shape index (κ1) is 9.83. The van der Waals surface area contributed by atoms with Crippen molar-refractivity contribution in [3.8, 4) is 0 Å². The summed E-state index contributed by atoms with van der Waals surface area (Å²) in [5, 5.41) is 0. The van der Waals surface area contributed by atoms with Crippen LogP contribution in [-0.4, -0.2) is 24.1 Å². The molecular formula is C11H14N2O2. The number of anilines is 1. The van der Waals surface area contributed by atoms with Crippen molar-refractivity contribution in [1.82, 2.24) is 4.90 Å². The van der Waals surface area contributed by atoms with Crippen LogP contribution in [0.3, 0.4) is 0 Å². The number of rotatable bonds is 2. The molecule has 0 aliphatic carbocycles. The van der Waals surface area contributed by atoms with Crippen molar-refractivity contribution >= 4 is 11.8 Å². The lowest BCUT2D eigenvalue weighted by molar-refractivity contribution is 0.133. The highest BCUT2D eigenvalue weighted by Crippen LogP contribution is 2.26. The molecule has 0 bridgehead atoms. The monoisotopic (exact) mass is 206 g/mol. The van der Waals surface area contributed by atoms with Gasteiger partial charge < -0.3 is 15.4 Å². The van der Waals surface area contributed by atoms with Crippen molar-refractivity contribution in [2.75, 3.05) is 18.8 Å². The van der Waals surface area contributed by atoms with E-state index in [2.05, 4.69) is 0 Å². The Morgan fingerprint density at radius 2 is 2.40 bits per heavy atom. The van der Waals surface area contributed by atoms with Gasteiger partial charge in [0.2, 0.25) is 0 Å². The number of nitrogens with zero attached hydrogens (tertiary/aromatic N) is 1. The zero-order chi connectivity index (χ0) is 10.8. The van der Waals surface area contributed by atoms with Gasteiger partial charge in [-0.05, 0) is 24.6 Å². The van der Waals surface area contributed by atoms with E-state index in [-0.39, 0.29) is 12.2 Å². The van der Waals surface area contributed by atoms with E-state index in [1.54, 1.807) is 4.90 Å². The van der Waals surface area contributed by atoms with E-state index in [9.17, 15) is 4.79 Å². The first-order valence-corrected chi connectivity index (χ1v) is 5.01. The Morgan fingerprint density at radius 1 is 1.60 bits per heavy atom. The number of amides is 1. The number of likely N-dealkylation sites (N-methyl/N-ethyl adjacent to an activating group) is 1. The van der Waals surface area contributed by atoms with E-state index in [0.29, 0.717) is 18.8 Å². The van der Waals surface area contributed by atoms with Gasteiger partial charge in [-0.15, -0.1) is 0 Å². The summed E-state index contributed by atoms with van der Waals surface area (Å²) in [7, 11) is 0. The molecule has 4 nitrogen and oxygen atoms in total. The minimum atomic E-state index is -0.245. The standard InChI is InChI=1S/C11H14N2O2/c1-2-13-7-10(15-11(13)14)8-4-3-5-9(12)6-8/h3-6,10H,2,7,12H2,1H3. The number of ether oxygens (including phenoxy) is 1. The Labute approximate surface area is 88.6 Å². The third-order valence-electron chi connectivity index (χ3n) is 2.55. The molecule has 0 spiro atoms.